The van der Waals surface area contributed by atoms with Gasteiger partial charge in [0.2, 0.25) is 0 Å². The molecule has 0 bridgehead atoms. The summed E-state index contributed by atoms with van der Waals surface area (Å²) < 4.78 is 5.70. The molecule has 0 aliphatic heterocycles. The Kier molecular flexibility index (Phi) is 6.09. The summed E-state index contributed by atoms with van der Waals surface area (Å²) in [6, 6.07) is 6.49. The van der Waals surface area contributed by atoms with E-state index in [1.54, 1.807) is 30.3 Å². The Bertz CT molecular complexity index is 630. The summed E-state index contributed by atoms with van der Waals surface area (Å²) in [5.41, 5.74) is 1.81. The Morgan fingerprint density at radius 2 is 1.83 bits per heavy atom. The molecule has 0 heterocycles. The number of rotatable bonds is 7. The smallest absolute Gasteiger partial charge is 0.142 e. The number of phenols is 1. The van der Waals surface area contributed by atoms with Gasteiger partial charge in [-0.05, 0) is 30.7 Å². The number of unbranched alkanes of at least 4 members (excludes halogenated alkanes) is 3. The topological polar surface area (TPSA) is 89.5 Å². The molecule has 0 unspecified atom stereocenters. The third-order valence-corrected chi connectivity index (χ3v) is 3.58. The van der Waals surface area contributed by atoms with Crippen molar-refractivity contribution in [3.8, 4) is 5.75 Å². The Morgan fingerprint density at radius 1 is 1.09 bits per heavy atom. The third-order valence-electron chi connectivity index (χ3n) is 3.58. The van der Waals surface area contributed by atoms with Gasteiger partial charge in [-0.3, -0.25) is 0 Å². The second-order valence-corrected chi connectivity index (χ2v) is 5.57. The van der Waals surface area contributed by atoms with E-state index >= 15 is 0 Å². The molecule has 1 aliphatic carbocycles. The van der Waals surface area contributed by atoms with E-state index in [0.29, 0.717) is 35.2 Å². The summed E-state index contributed by atoms with van der Waals surface area (Å²) in [7, 11) is 0. The van der Waals surface area contributed by atoms with Crippen molar-refractivity contribution < 1.29 is 9.84 Å². The summed E-state index contributed by atoms with van der Waals surface area (Å²) in [4.78, 5) is 4.41. The van der Waals surface area contributed by atoms with E-state index in [2.05, 4.69) is 11.9 Å². The Balaban J connectivity index is 2.07. The van der Waals surface area contributed by atoms with Crippen LogP contribution in [0.5, 0.6) is 5.75 Å². The molecule has 5 nitrogen and oxygen atoms in total. The lowest BCUT2D eigenvalue weighted by Gasteiger charge is -2.17. The number of nitrogens with one attached hydrogen (secondary N) is 2. The van der Waals surface area contributed by atoms with Gasteiger partial charge in [0, 0.05) is 12.5 Å². The Labute approximate surface area is 136 Å². The van der Waals surface area contributed by atoms with Crippen LogP contribution in [0.25, 0.3) is 0 Å². The quantitative estimate of drug-likeness (QED) is 0.652. The minimum atomic E-state index is 0.182. The zero-order valence-corrected chi connectivity index (χ0v) is 13.4. The molecular weight excluding hydrogens is 290 g/mol. The van der Waals surface area contributed by atoms with Crippen molar-refractivity contribution in [2.45, 2.75) is 39.0 Å². The van der Waals surface area contributed by atoms with Gasteiger partial charge >= 0.3 is 0 Å². The van der Waals surface area contributed by atoms with Gasteiger partial charge in [0.25, 0.3) is 0 Å². The standard InChI is InChI=1S/C18H23N3O2/c1-2-3-4-5-10-23-18-12-17(15(19)11-16(18)20)21-13-6-8-14(22)9-7-13/h6-9,12,19-20,22H,2-5,10-11H2,1H3. The fourth-order valence-electron chi connectivity index (χ4n) is 2.26. The van der Waals surface area contributed by atoms with Crippen molar-refractivity contribution in [3.05, 3.63) is 36.1 Å². The zero-order valence-electron chi connectivity index (χ0n) is 13.4. The number of aromatic hydroxyl groups is 1. The van der Waals surface area contributed by atoms with Crippen molar-refractivity contribution in [2.24, 2.45) is 4.99 Å². The molecule has 2 rings (SSSR count). The molecular formula is C18H23N3O2. The van der Waals surface area contributed by atoms with Gasteiger partial charge in [0.1, 0.15) is 11.5 Å². The van der Waals surface area contributed by atoms with Gasteiger partial charge in [-0.25, -0.2) is 4.99 Å². The second kappa shape index (κ2) is 8.27. The predicted molar refractivity (Wildman–Crippen MR) is 93.4 cm³/mol. The van der Waals surface area contributed by atoms with Gasteiger partial charge in [0.15, 0.2) is 0 Å². The predicted octanol–water partition coefficient (Wildman–Crippen LogP) is 4.39. The minimum Gasteiger partial charge on any atom is -0.508 e. The lowest BCUT2D eigenvalue weighted by molar-refractivity contribution is 0.222. The maximum atomic E-state index is 9.30. The van der Waals surface area contributed by atoms with E-state index in [1.807, 2.05) is 0 Å². The van der Waals surface area contributed by atoms with Crippen LogP contribution in [-0.2, 0) is 4.74 Å². The fourth-order valence-corrected chi connectivity index (χ4v) is 2.26. The first kappa shape index (κ1) is 16.9. The molecule has 1 aromatic carbocycles. The summed E-state index contributed by atoms with van der Waals surface area (Å²) in [5.74, 6) is 0.691. The lowest BCUT2D eigenvalue weighted by Crippen LogP contribution is -2.24. The molecule has 5 heteroatoms. The molecule has 122 valence electrons. The number of hydrogen-bond donors (Lipinski definition) is 3. The zero-order chi connectivity index (χ0) is 16.7. The van der Waals surface area contributed by atoms with Crippen LogP contribution in [0, 0.1) is 10.8 Å². The van der Waals surface area contributed by atoms with Crippen molar-refractivity contribution >= 4 is 22.8 Å². The van der Waals surface area contributed by atoms with Gasteiger partial charge in [-0.15, -0.1) is 0 Å². The van der Waals surface area contributed by atoms with Gasteiger partial charge in [-0.1, -0.05) is 26.2 Å². The van der Waals surface area contributed by atoms with E-state index in [0.717, 1.165) is 12.8 Å². The lowest BCUT2D eigenvalue weighted by atomic mass is 9.99. The van der Waals surface area contributed by atoms with Crippen molar-refractivity contribution in [1.29, 1.82) is 10.8 Å². The maximum Gasteiger partial charge on any atom is 0.142 e. The molecule has 0 amide bonds. The van der Waals surface area contributed by atoms with Crippen LogP contribution in [0.3, 0.4) is 0 Å². The van der Waals surface area contributed by atoms with Crippen LogP contribution in [0.1, 0.15) is 39.0 Å². The van der Waals surface area contributed by atoms with Crippen LogP contribution in [0.4, 0.5) is 5.69 Å². The first-order valence-corrected chi connectivity index (χ1v) is 7.98. The Morgan fingerprint density at radius 3 is 2.52 bits per heavy atom. The molecule has 0 fully saturated rings. The first-order chi connectivity index (χ1) is 11.1. The molecule has 0 saturated carbocycles. The summed E-state index contributed by atoms with van der Waals surface area (Å²) >= 11 is 0. The number of aliphatic imine (C=N–C) groups is 1. The fraction of sp³-hybridized carbons (Fsp3) is 0.389. The van der Waals surface area contributed by atoms with Gasteiger partial charge < -0.3 is 20.7 Å². The molecule has 0 atom stereocenters. The summed E-state index contributed by atoms with van der Waals surface area (Å²) in [5, 5.41) is 25.3. The van der Waals surface area contributed by atoms with Crippen LogP contribution in [0.15, 0.2) is 41.1 Å². The molecule has 1 aromatic rings. The van der Waals surface area contributed by atoms with Crippen LogP contribution < -0.4 is 0 Å². The average Bonchev–Trinajstić information content (AvgIpc) is 2.53. The Hall–Kier alpha value is -2.43. The number of ether oxygens (including phenoxy) is 1. The monoisotopic (exact) mass is 313 g/mol. The normalized spacial score (nSPS) is 16.6. The van der Waals surface area contributed by atoms with E-state index in [4.69, 9.17) is 15.6 Å². The van der Waals surface area contributed by atoms with Crippen molar-refractivity contribution in [3.63, 3.8) is 0 Å². The number of allylic oxidation sites excluding steroid dienone is 2. The van der Waals surface area contributed by atoms with Crippen LogP contribution in [-0.4, -0.2) is 28.8 Å². The van der Waals surface area contributed by atoms with Crippen LogP contribution >= 0.6 is 0 Å². The second-order valence-electron chi connectivity index (χ2n) is 5.57. The van der Waals surface area contributed by atoms with Gasteiger partial charge in [-0.2, -0.15) is 0 Å². The van der Waals surface area contributed by atoms with Gasteiger partial charge in [0.05, 0.1) is 29.4 Å². The largest absolute Gasteiger partial charge is 0.508 e. The van der Waals surface area contributed by atoms with E-state index in [1.165, 1.54) is 12.8 Å². The highest BCUT2D eigenvalue weighted by Gasteiger charge is 2.20. The summed E-state index contributed by atoms with van der Waals surface area (Å²) in [6.07, 6.45) is 6.37. The third kappa shape index (κ3) is 5.06. The highest BCUT2D eigenvalue weighted by molar-refractivity contribution is 6.51. The number of benzene rings is 1. The first-order valence-electron chi connectivity index (χ1n) is 7.98. The number of nitrogens with zero attached hydrogens (tertiary/aromatic N) is 1. The SMILES string of the molecule is CCCCCCOC1=CC(=Nc2ccc(O)cc2)C(=N)CC1=N. The van der Waals surface area contributed by atoms with Crippen LogP contribution in [0.2, 0.25) is 0 Å². The molecule has 1 aliphatic rings. The van der Waals surface area contributed by atoms with E-state index in [-0.39, 0.29) is 12.2 Å². The molecule has 23 heavy (non-hydrogen) atoms. The summed E-state index contributed by atoms with van der Waals surface area (Å²) in [6.45, 7) is 2.76. The maximum absolute atomic E-state index is 9.30. The molecule has 3 N–H and O–H groups in total. The van der Waals surface area contributed by atoms with E-state index < -0.39 is 0 Å². The molecule has 0 saturated heterocycles. The molecule has 0 spiro atoms. The highest BCUT2D eigenvalue weighted by Crippen LogP contribution is 2.20. The van der Waals surface area contributed by atoms with Crippen molar-refractivity contribution in [2.75, 3.05) is 6.61 Å². The van der Waals surface area contributed by atoms with Crippen molar-refractivity contribution in [1.82, 2.24) is 0 Å². The molecule has 0 aromatic heterocycles. The number of hydrogen-bond acceptors (Lipinski definition) is 5. The van der Waals surface area contributed by atoms with E-state index in [9.17, 15) is 5.11 Å². The minimum absolute atomic E-state index is 0.182. The number of phenolic OH excluding ortho intramolecular Hbond substituents is 1. The molecule has 0 radical (unpaired) electrons. The average molecular weight is 313 g/mol. The highest BCUT2D eigenvalue weighted by atomic mass is 16.5.